The normalized spacial score (nSPS) is 20.0. The van der Waals surface area contributed by atoms with Gasteiger partial charge in [-0.3, -0.25) is 4.79 Å². The first-order chi connectivity index (χ1) is 11.6. The van der Waals surface area contributed by atoms with Crippen LogP contribution in [0.2, 0.25) is 0 Å². The third kappa shape index (κ3) is 3.58. The number of rotatable bonds is 4. The predicted molar refractivity (Wildman–Crippen MR) is 95.0 cm³/mol. The van der Waals surface area contributed by atoms with E-state index in [1.165, 1.54) is 5.56 Å². The molecule has 126 valence electrons. The van der Waals surface area contributed by atoms with E-state index in [4.69, 9.17) is 4.74 Å². The number of methoxy groups -OCH3 is 1. The molecule has 1 saturated heterocycles. The molecule has 3 N–H and O–H groups in total. The fourth-order valence-corrected chi connectivity index (χ4v) is 2.98. The van der Waals surface area contributed by atoms with Crippen LogP contribution in [0.4, 0.5) is 5.69 Å². The molecule has 2 atom stereocenters. The van der Waals surface area contributed by atoms with E-state index in [0.717, 1.165) is 22.6 Å². The Morgan fingerprint density at radius 1 is 1.17 bits per heavy atom. The Balaban J connectivity index is 1.65. The van der Waals surface area contributed by atoms with Crippen molar-refractivity contribution in [2.75, 3.05) is 12.4 Å². The second kappa shape index (κ2) is 7.03. The molecule has 1 aliphatic heterocycles. The number of benzene rings is 2. The summed E-state index contributed by atoms with van der Waals surface area (Å²) >= 11 is 0. The highest BCUT2D eigenvalue weighted by Gasteiger charge is 2.30. The van der Waals surface area contributed by atoms with Crippen LogP contribution in [-0.2, 0) is 4.79 Å². The molecular formula is C19H23N3O2. The Hall–Kier alpha value is -2.37. The van der Waals surface area contributed by atoms with Crippen LogP contribution in [-0.4, -0.2) is 19.1 Å². The molecule has 1 aliphatic rings. The minimum Gasteiger partial charge on any atom is -0.497 e. The number of hydrogen-bond acceptors (Lipinski definition) is 4. The van der Waals surface area contributed by atoms with Crippen molar-refractivity contribution in [1.82, 2.24) is 10.9 Å². The highest BCUT2D eigenvalue weighted by Crippen LogP contribution is 2.26. The summed E-state index contributed by atoms with van der Waals surface area (Å²) < 4.78 is 5.26. The number of ether oxygens (including phenoxy) is 1. The molecule has 5 heteroatoms. The molecule has 0 aliphatic carbocycles. The van der Waals surface area contributed by atoms with Crippen molar-refractivity contribution < 1.29 is 9.53 Å². The lowest BCUT2D eigenvalue weighted by Crippen LogP contribution is -2.39. The molecule has 0 bridgehead atoms. The van der Waals surface area contributed by atoms with Gasteiger partial charge in [-0.15, -0.1) is 0 Å². The number of hydrazine groups is 1. The lowest BCUT2D eigenvalue weighted by molar-refractivity contribution is -0.117. The summed E-state index contributed by atoms with van der Waals surface area (Å²) in [5.74, 6) is 0.789. The summed E-state index contributed by atoms with van der Waals surface area (Å²) in [6, 6.07) is 13.7. The number of hydrogen-bond donors (Lipinski definition) is 3. The van der Waals surface area contributed by atoms with Crippen molar-refractivity contribution >= 4 is 11.6 Å². The molecule has 0 spiro atoms. The van der Waals surface area contributed by atoms with Gasteiger partial charge in [-0.2, -0.15) is 0 Å². The Morgan fingerprint density at radius 3 is 2.75 bits per heavy atom. The van der Waals surface area contributed by atoms with Gasteiger partial charge in [0.2, 0.25) is 5.91 Å². The summed E-state index contributed by atoms with van der Waals surface area (Å²) in [6.07, 6.45) is 0.684. The van der Waals surface area contributed by atoms with Crippen LogP contribution < -0.4 is 20.9 Å². The SMILES string of the molecule is COc1cccc(C2CC(C(=O)Nc3ccc(C)cc3C)NN2)c1. The third-order valence-corrected chi connectivity index (χ3v) is 4.36. The number of carbonyl (C=O) groups is 1. The first kappa shape index (κ1) is 16.5. The first-order valence-electron chi connectivity index (χ1n) is 8.10. The van der Waals surface area contributed by atoms with Crippen LogP contribution in [0.3, 0.4) is 0 Å². The van der Waals surface area contributed by atoms with E-state index in [1.807, 2.05) is 50.2 Å². The minimum absolute atomic E-state index is 0.0279. The maximum Gasteiger partial charge on any atom is 0.242 e. The van der Waals surface area contributed by atoms with Gasteiger partial charge < -0.3 is 10.1 Å². The number of nitrogens with one attached hydrogen (secondary N) is 3. The van der Waals surface area contributed by atoms with E-state index in [-0.39, 0.29) is 18.0 Å². The maximum absolute atomic E-state index is 12.5. The van der Waals surface area contributed by atoms with E-state index in [1.54, 1.807) is 7.11 Å². The zero-order chi connectivity index (χ0) is 17.1. The molecule has 2 aromatic rings. The van der Waals surface area contributed by atoms with Crippen LogP contribution in [0.25, 0.3) is 0 Å². The van der Waals surface area contributed by atoms with Gasteiger partial charge in [0.05, 0.1) is 7.11 Å². The number of carbonyl (C=O) groups excluding carboxylic acids is 1. The summed E-state index contributed by atoms with van der Waals surface area (Å²) in [7, 11) is 1.65. The van der Waals surface area contributed by atoms with E-state index in [9.17, 15) is 4.79 Å². The average Bonchev–Trinajstić information content (AvgIpc) is 3.07. The Bertz CT molecular complexity index is 745. The molecule has 5 nitrogen and oxygen atoms in total. The van der Waals surface area contributed by atoms with Gasteiger partial charge in [0.1, 0.15) is 11.8 Å². The summed E-state index contributed by atoms with van der Waals surface area (Å²) in [5.41, 5.74) is 10.5. The molecule has 3 rings (SSSR count). The second-order valence-electron chi connectivity index (χ2n) is 6.21. The summed E-state index contributed by atoms with van der Waals surface area (Å²) in [5, 5.41) is 3.01. The molecule has 0 saturated carbocycles. The van der Waals surface area contributed by atoms with Gasteiger partial charge in [-0.1, -0.05) is 29.8 Å². The maximum atomic E-state index is 12.5. The van der Waals surface area contributed by atoms with Gasteiger partial charge in [0.15, 0.2) is 0 Å². The number of amides is 1. The van der Waals surface area contributed by atoms with Crippen LogP contribution in [0.1, 0.15) is 29.2 Å². The largest absolute Gasteiger partial charge is 0.497 e. The predicted octanol–water partition coefficient (Wildman–Crippen LogP) is 2.86. The molecule has 1 heterocycles. The first-order valence-corrected chi connectivity index (χ1v) is 8.10. The Morgan fingerprint density at radius 2 is 2.00 bits per heavy atom. The second-order valence-corrected chi connectivity index (χ2v) is 6.21. The van der Waals surface area contributed by atoms with E-state index >= 15 is 0 Å². The van der Waals surface area contributed by atoms with Crippen molar-refractivity contribution in [3.8, 4) is 5.75 Å². The quantitative estimate of drug-likeness (QED) is 0.809. The van der Waals surface area contributed by atoms with Crippen LogP contribution in [0, 0.1) is 13.8 Å². The number of anilines is 1. The van der Waals surface area contributed by atoms with Gasteiger partial charge in [0.25, 0.3) is 0 Å². The Labute approximate surface area is 142 Å². The van der Waals surface area contributed by atoms with E-state index in [2.05, 4.69) is 22.2 Å². The third-order valence-electron chi connectivity index (χ3n) is 4.36. The molecule has 2 aromatic carbocycles. The molecule has 2 unspecified atom stereocenters. The molecule has 1 amide bonds. The minimum atomic E-state index is -0.276. The average molecular weight is 325 g/mol. The lowest BCUT2D eigenvalue weighted by Gasteiger charge is -2.13. The highest BCUT2D eigenvalue weighted by molar-refractivity contribution is 5.95. The fourth-order valence-electron chi connectivity index (χ4n) is 2.98. The molecule has 24 heavy (non-hydrogen) atoms. The zero-order valence-electron chi connectivity index (χ0n) is 14.2. The van der Waals surface area contributed by atoms with Gasteiger partial charge >= 0.3 is 0 Å². The summed E-state index contributed by atoms with van der Waals surface area (Å²) in [4.78, 5) is 12.5. The zero-order valence-corrected chi connectivity index (χ0v) is 14.2. The topological polar surface area (TPSA) is 62.4 Å². The standard InChI is InChI=1S/C19H23N3O2/c1-12-7-8-16(13(2)9-12)20-19(23)18-11-17(21-22-18)14-5-4-6-15(10-14)24-3/h4-10,17-18,21-22H,11H2,1-3H3,(H,20,23). The van der Waals surface area contributed by atoms with Crippen LogP contribution >= 0.6 is 0 Å². The molecule has 0 aromatic heterocycles. The van der Waals surface area contributed by atoms with E-state index < -0.39 is 0 Å². The summed E-state index contributed by atoms with van der Waals surface area (Å²) in [6.45, 7) is 4.04. The van der Waals surface area contributed by atoms with Gasteiger partial charge in [0, 0.05) is 11.7 Å². The smallest absolute Gasteiger partial charge is 0.242 e. The Kier molecular flexibility index (Phi) is 4.83. The monoisotopic (exact) mass is 325 g/mol. The van der Waals surface area contributed by atoms with Crippen molar-refractivity contribution in [3.63, 3.8) is 0 Å². The van der Waals surface area contributed by atoms with Crippen molar-refractivity contribution in [2.24, 2.45) is 0 Å². The van der Waals surface area contributed by atoms with Crippen molar-refractivity contribution in [3.05, 3.63) is 59.2 Å². The van der Waals surface area contributed by atoms with Crippen LogP contribution in [0.5, 0.6) is 5.75 Å². The fraction of sp³-hybridized carbons (Fsp3) is 0.316. The van der Waals surface area contributed by atoms with Gasteiger partial charge in [-0.25, -0.2) is 10.9 Å². The lowest BCUT2D eigenvalue weighted by atomic mass is 10.0. The molecule has 0 radical (unpaired) electrons. The highest BCUT2D eigenvalue weighted by atomic mass is 16.5. The molecular weight excluding hydrogens is 302 g/mol. The van der Waals surface area contributed by atoms with Crippen molar-refractivity contribution in [2.45, 2.75) is 32.4 Å². The van der Waals surface area contributed by atoms with E-state index in [0.29, 0.717) is 6.42 Å². The van der Waals surface area contributed by atoms with Crippen LogP contribution in [0.15, 0.2) is 42.5 Å². The van der Waals surface area contributed by atoms with Gasteiger partial charge in [-0.05, 0) is 49.6 Å². The van der Waals surface area contributed by atoms with Crippen molar-refractivity contribution in [1.29, 1.82) is 0 Å². The molecule has 1 fully saturated rings. The number of aryl methyl sites for hydroxylation is 2.